The molecule has 2 N–H and O–H groups in total. The molecule has 1 atom stereocenters. The van der Waals surface area contributed by atoms with Crippen LogP contribution in [0, 0.1) is 20.8 Å². The number of benzene rings is 1. The Bertz CT molecular complexity index is 396. The van der Waals surface area contributed by atoms with Crippen molar-refractivity contribution in [3.63, 3.8) is 0 Å². The van der Waals surface area contributed by atoms with Gasteiger partial charge < -0.3 is 10.5 Å². The first kappa shape index (κ1) is 14.2. The molecule has 1 unspecified atom stereocenters. The average molecular weight is 235 g/mol. The SMILES string of the molecule is COC(C)(C)CC(N)c1cc(C)c(C)cc1C. The number of nitrogens with two attached hydrogens (primary N) is 1. The maximum atomic E-state index is 6.30. The van der Waals surface area contributed by atoms with Gasteiger partial charge in [0.1, 0.15) is 0 Å². The van der Waals surface area contributed by atoms with E-state index in [4.69, 9.17) is 10.5 Å². The van der Waals surface area contributed by atoms with Crippen molar-refractivity contribution >= 4 is 0 Å². The number of methoxy groups -OCH3 is 1. The zero-order chi connectivity index (χ0) is 13.2. The summed E-state index contributed by atoms with van der Waals surface area (Å²) in [7, 11) is 1.74. The van der Waals surface area contributed by atoms with Crippen molar-refractivity contribution in [2.45, 2.75) is 52.7 Å². The summed E-state index contributed by atoms with van der Waals surface area (Å²) in [6, 6.07) is 4.45. The lowest BCUT2D eigenvalue weighted by Gasteiger charge is -2.27. The minimum Gasteiger partial charge on any atom is -0.379 e. The molecule has 1 rings (SSSR count). The molecule has 0 spiro atoms. The predicted octanol–water partition coefficient (Wildman–Crippen LogP) is 3.43. The Hall–Kier alpha value is -0.860. The summed E-state index contributed by atoms with van der Waals surface area (Å²) in [6.07, 6.45) is 0.826. The smallest absolute Gasteiger partial charge is 0.0640 e. The van der Waals surface area contributed by atoms with Gasteiger partial charge in [-0.25, -0.2) is 0 Å². The van der Waals surface area contributed by atoms with Crippen LogP contribution in [-0.2, 0) is 4.74 Å². The first-order valence-electron chi connectivity index (χ1n) is 6.15. The second kappa shape index (κ2) is 5.19. The van der Waals surface area contributed by atoms with Crippen LogP contribution in [0.1, 0.15) is 48.6 Å². The number of aryl methyl sites for hydroxylation is 3. The van der Waals surface area contributed by atoms with E-state index in [1.54, 1.807) is 7.11 Å². The molecule has 0 radical (unpaired) electrons. The van der Waals surface area contributed by atoms with E-state index in [0.29, 0.717) is 0 Å². The van der Waals surface area contributed by atoms with E-state index in [1.807, 2.05) is 0 Å². The van der Waals surface area contributed by atoms with Gasteiger partial charge in [-0.1, -0.05) is 12.1 Å². The van der Waals surface area contributed by atoms with Crippen LogP contribution >= 0.6 is 0 Å². The van der Waals surface area contributed by atoms with Gasteiger partial charge in [-0.2, -0.15) is 0 Å². The highest BCUT2D eigenvalue weighted by molar-refractivity contribution is 5.38. The summed E-state index contributed by atoms with van der Waals surface area (Å²) in [5.74, 6) is 0. The van der Waals surface area contributed by atoms with Crippen LogP contribution in [0.3, 0.4) is 0 Å². The highest BCUT2D eigenvalue weighted by Crippen LogP contribution is 2.27. The van der Waals surface area contributed by atoms with Crippen molar-refractivity contribution in [2.24, 2.45) is 5.73 Å². The number of hydrogen-bond donors (Lipinski definition) is 1. The molecule has 0 amide bonds. The molecule has 0 heterocycles. The van der Waals surface area contributed by atoms with Crippen LogP contribution in [0.5, 0.6) is 0 Å². The molecular weight excluding hydrogens is 210 g/mol. The zero-order valence-electron chi connectivity index (χ0n) is 11.9. The lowest BCUT2D eigenvalue weighted by Crippen LogP contribution is -2.29. The van der Waals surface area contributed by atoms with Crippen molar-refractivity contribution < 1.29 is 4.74 Å². The van der Waals surface area contributed by atoms with Gasteiger partial charge in [0.15, 0.2) is 0 Å². The van der Waals surface area contributed by atoms with E-state index in [0.717, 1.165) is 6.42 Å². The second-order valence-electron chi connectivity index (χ2n) is 5.57. The molecule has 0 aliphatic heterocycles. The molecule has 1 aromatic carbocycles. The highest BCUT2D eigenvalue weighted by atomic mass is 16.5. The number of ether oxygens (including phenoxy) is 1. The Balaban J connectivity index is 2.97. The minimum atomic E-state index is -0.176. The molecule has 1 aromatic rings. The van der Waals surface area contributed by atoms with Crippen molar-refractivity contribution in [1.29, 1.82) is 0 Å². The van der Waals surface area contributed by atoms with Crippen LogP contribution in [0.15, 0.2) is 12.1 Å². The van der Waals surface area contributed by atoms with Crippen molar-refractivity contribution in [1.82, 2.24) is 0 Å². The molecule has 2 nitrogen and oxygen atoms in total. The van der Waals surface area contributed by atoms with Crippen LogP contribution < -0.4 is 5.73 Å². The quantitative estimate of drug-likeness (QED) is 0.867. The minimum absolute atomic E-state index is 0.0317. The third-order valence-corrected chi connectivity index (χ3v) is 3.55. The molecule has 0 aliphatic rings. The van der Waals surface area contributed by atoms with E-state index in [1.165, 1.54) is 22.3 Å². The Morgan fingerprint density at radius 1 is 1.12 bits per heavy atom. The van der Waals surface area contributed by atoms with E-state index in [2.05, 4.69) is 46.8 Å². The third kappa shape index (κ3) is 3.55. The second-order valence-corrected chi connectivity index (χ2v) is 5.57. The maximum Gasteiger partial charge on any atom is 0.0640 e. The summed E-state index contributed by atoms with van der Waals surface area (Å²) < 4.78 is 5.44. The molecule has 96 valence electrons. The fourth-order valence-electron chi connectivity index (χ4n) is 2.11. The third-order valence-electron chi connectivity index (χ3n) is 3.55. The van der Waals surface area contributed by atoms with Crippen LogP contribution in [0.4, 0.5) is 0 Å². The summed E-state index contributed by atoms with van der Waals surface area (Å²) >= 11 is 0. The lowest BCUT2D eigenvalue weighted by molar-refractivity contribution is 0.00991. The average Bonchev–Trinajstić information content (AvgIpc) is 2.22. The highest BCUT2D eigenvalue weighted by Gasteiger charge is 2.22. The van der Waals surface area contributed by atoms with Crippen molar-refractivity contribution in [2.75, 3.05) is 7.11 Å². The molecule has 17 heavy (non-hydrogen) atoms. The van der Waals surface area contributed by atoms with E-state index in [9.17, 15) is 0 Å². The maximum absolute atomic E-state index is 6.30. The van der Waals surface area contributed by atoms with Crippen LogP contribution in [0.2, 0.25) is 0 Å². The van der Waals surface area contributed by atoms with Gasteiger partial charge >= 0.3 is 0 Å². The zero-order valence-corrected chi connectivity index (χ0v) is 11.9. The van der Waals surface area contributed by atoms with Gasteiger partial charge in [0.2, 0.25) is 0 Å². The Morgan fingerprint density at radius 3 is 2.18 bits per heavy atom. The monoisotopic (exact) mass is 235 g/mol. The molecular formula is C15H25NO. The van der Waals surface area contributed by atoms with Gasteiger partial charge in [0.05, 0.1) is 5.60 Å². The predicted molar refractivity (Wildman–Crippen MR) is 73.3 cm³/mol. The largest absolute Gasteiger partial charge is 0.379 e. The summed E-state index contributed by atoms with van der Waals surface area (Å²) in [4.78, 5) is 0. The van der Waals surface area contributed by atoms with Crippen LogP contribution in [0.25, 0.3) is 0 Å². The summed E-state index contributed by atoms with van der Waals surface area (Å²) in [5, 5.41) is 0. The molecule has 0 saturated carbocycles. The van der Waals surface area contributed by atoms with Crippen molar-refractivity contribution in [3.05, 3.63) is 34.4 Å². The topological polar surface area (TPSA) is 35.2 Å². The molecule has 0 bridgehead atoms. The van der Waals surface area contributed by atoms with Gasteiger partial charge in [-0.05, 0) is 63.3 Å². The van der Waals surface area contributed by atoms with Gasteiger partial charge in [0.25, 0.3) is 0 Å². The van der Waals surface area contributed by atoms with E-state index < -0.39 is 0 Å². The molecule has 0 aromatic heterocycles. The number of hydrogen-bond acceptors (Lipinski definition) is 2. The normalized spacial score (nSPS) is 13.8. The standard InChI is InChI=1S/C15H25NO/c1-10-7-12(3)13(8-11(10)2)14(16)9-15(4,5)17-6/h7-8,14H,9,16H2,1-6H3. The van der Waals surface area contributed by atoms with Crippen LogP contribution in [-0.4, -0.2) is 12.7 Å². The first-order valence-corrected chi connectivity index (χ1v) is 6.15. The van der Waals surface area contributed by atoms with Gasteiger partial charge in [-0.15, -0.1) is 0 Å². The Kier molecular flexibility index (Phi) is 4.34. The van der Waals surface area contributed by atoms with Gasteiger partial charge in [0, 0.05) is 13.2 Å². The summed E-state index contributed by atoms with van der Waals surface area (Å²) in [6.45, 7) is 10.5. The fraction of sp³-hybridized carbons (Fsp3) is 0.600. The summed E-state index contributed by atoms with van der Waals surface area (Å²) in [5.41, 5.74) is 11.3. The molecule has 2 heteroatoms. The fourth-order valence-corrected chi connectivity index (χ4v) is 2.11. The molecule has 0 saturated heterocycles. The molecule has 0 fully saturated rings. The van der Waals surface area contributed by atoms with Gasteiger partial charge in [-0.3, -0.25) is 0 Å². The Morgan fingerprint density at radius 2 is 1.65 bits per heavy atom. The Labute approximate surface area is 105 Å². The number of rotatable bonds is 4. The van der Waals surface area contributed by atoms with E-state index in [-0.39, 0.29) is 11.6 Å². The van der Waals surface area contributed by atoms with E-state index >= 15 is 0 Å². The first-order chi connectivity index (χ1) is 7.76. The lowest BCUT2D eigenvalue weighted by atomic mass is 9.90. The van der Waals surface area contributed by atoms with Crippen molar-refractivity contribution in [3.8, 4) is 0 Å². The molecule has 0 aliphatic carbocycles.